The van der Waals surface area contributed by atoms with E-state index in [2.05, 4.69) is 4.98 Å². The zero-order chi connectivity index (χ0) is 15.5. The van der Waals surface area contributed by atoms with Gasteiger partial charge in [-0.15, -0.1) is 0 Å². The standard InChI is InChI=1S/C14H14ClNO4S/c1-3-10-8-11(4-6-13(10)15)20-21(17,18)12-5-7-14(19-2)16-9-12/h4-9H,3H2,1-2H3. The number of halogens is 1. The van der Waals surface area contributed by atoms with Gasteiger partial charge in [0, 0.05) is 11.1 Å². The Kier molecular flexibility index (Phi) is 4.69. The predicted octanol–water partition coefficient (Wildman–Crippen LogP) is 3.07. The summed E-state index contributed by atoms with van der Waals surface area (Å²) in [6, 6.07) is 7.55. The van der Waals surface area contributed by atoms with Crippen LogP contribution in [0.15, 0.2) is 41.4 Å². The zero-order valence-corrected chi connectivity index (χ0v) is 13.1. The van der Waals surface area contributed by atoms with Crippen molar-refractivity contribution in [2.24, 2.45) is 0 Å². The van der Waals surface area contributed by atoms with E-state index >= 15 is 0 Å². The van der Waals surface area contributed by atoms with Crippen LogP contribution >= 0.6 is 11.6 Å². The van der Waals surface area contributed by atoms with Crippen molar-refractivity contribution >= 4 is 21.7 Å². The summed E-state index contributed by atoms with van der Waals surface area (Å²) >= 11 is 5.99. The van der Waals surface area contributed by atoms with Gasteiger partial charge in [0.15, 0.2) is 0 Å². The molecule has 21 heavy (non-hydrogen) atoms. The Morgan fingerprint density at radius 1 is 1.24 bits per heavy atom. The zero-order valence-electron chi connectivity index (χ0n) is 11.5. The number of methoxy groups -OCH3 is 1. The maximum Gasteiger partial charge on any atom is 0.340 e. The molecule has 0 saturated heterocycles. The monoisotopic (exact) mass is 327 g/mol. The third-order valence-corrected chi connectivity index (χ3v) is 4.41. The molecule has 0 aliphatic heterocycles. The molecule has 0 amide bonds. The lowest BCUT2D eigenvalue weighted by molar-refractivity contribution is 0.397. The number of aryl methyl sites for hydroxylation is 1. The van der Waals surface area contributed by atoms with Crippen LogP contribution in [0, 0.1) is 0 Å². The maximum atomic E-state index is 12.1. The number of hydrogen-bond donors (Lipinski definition) is 0. The van der Waals surface area contributed by atoms with Gasteiger partial charge in [0.1, 0.15) is 10.6 Å². The van der Waals surface area contributed by atoms with E-state index in [1.807, 2.05) is 6.92 Å². The minimum Gasteiger partial charge on any atom is -0.481 e. The molecule has 0 atom stereocenters. The van der Waals surface area contributed by atoms with Crippen LogP contribution in [0.25, 0.3) is 0 Å². The second kappa shape index (κ2) is 6.32. The van der Waals surface area contributed by atoms with E-state index in [1.165, 1.54) is 31.5 Å². The summed E-state index contributed by atoms with van der Waals surface area (Å²) in [5.74, 6) is 0.542. The van der Waals surface area contributed by atoms with Crippen LogP contribution in [-0.4, -0.2) is 20.5 Å². The third kappa shape index (κ3) is 3.65. The molecule has 0 radical (unpaired) electrons. The van der Waals surface area contributed by atoms with Gasteiger partial charge >= 0.3 is 10.1 Å². The molecule has 0 aliphatic rings. The molecule has 0 saturated carbocycles. The topological polar surface area (TPSA) is 65.5 Å². The number of rotatable bonds is 5. The van der Waals surface area contributed by atoms with Crippen molar-refractivity contribution in [1.29, 1.82) is 0 Å². The lowest BCUT2D eigenvalue weighted by atomic mass is 10.2. The Labute approximate surface area is 128 Å². The van der Waals surface area contributed by atoms with E-state index in [0.29, 0.717) is 17.3 Å². The van der Waals surface area contributed by atoms with Gasteiger partial charge in [-0.05, 0) is 36.2 Å². The van der Waals surface area contributed by atoms with Gasteiger partial charge in [-0.3, -0.25) is 0 Å². The van der Waals surface area contributed by atoms with Crippen molar-refractivity contribution in [3.8, 4) is 11.6 Å². The second-order valence-corrected chi connectivity index (χ2v) is 6.13. The minimum atomic E-state index is -3.94. The fourth-order valence-corrected chi connectivity index (χ4v) is 2.80. The highest BCUT2D eigenvalue weighted by atomic mass is 35.5. The van der Waals surface area contributed by atoms with E-state index < -0.39 is 10.1 Å². The van der Waals surface area contributed by atoms with Crippen LogP contribution in [-0.2, 0) is 16.5 Å². The number of aromatic nitrogens is 1. The molecule has 0 fully saturated rings. The van der Waals surface area contributed by atoms with Crippen LogP contribution in [0.5, 0.6) is 11.6 Å². The molecule has 2 rings (SSSR count). The highest BCUT2D eigenvalue weighted by molar-refractivity contribution is 7.87. The summed E-state index contributed by atoms with van der Waals surface area (Å²) in [7, 11) is -2.49. The fraction of sp³-hybridized carbons (Fsp3) is 0.214. The summed E-state index contributed by atoms with van der Waals surface area (Å²) < 4.78 is 34.3. The number of nitrogens with zero attached hydrogens (tertiary/aromatic N) is 1. The molecule has 5 nitrogen and oxygen atoms in total. The van der Waals surface area contributed by atoms with Crippen LogP contribution in [0.3, 0.4) is 0 Å². The summed E-state index contributed by atoms with van der Waals surface area (Å²) in [6.45, 7) is 1.92. The van der Waals surface area contributed by atoms with Gasteiger partial charge in [0.05, 0.1) is 13.3 Å². The fourth-order valence-electron chi connectivity index (χ4n) is 1.68. The first-order valence-corrected chi connectivity index (χ1v) is 7.98. The molecular weight excluding hydrogens is 314 g/mol. The molecule has 2 aromatic rings. The average molecular weight is 328 g/mol. The van der Waals surface area contributed by atoms with E-state index in [1.54, 1.807) is 12.1 Å². The van der Waals surface area contributed by atoms with Crippen molar-refractivity contribution in [2.45, 2.75) is 18.2 Å². The quantitative estimate of drug-likeness (QED) is 0.790. The molecule has 1 aromatic carbocycles. The van der Waals surface area contributed by atoms with Crippen molar-refractivity contribution in [3.63, 3.8) is 0 Å². The molecule has 1 aromatic heterocycles. The Hall–Kier alpha value is -1.79. The normalized spacial score (nSPS) is 11.2. The van der Waals surface area contributed by atoms with Crippen LogP contribution in [0.4, 0.5) is 0 Å². The molecule has 1 heterocycles. The largest absolute Gasteiger partial charge is 0.481 e. The van der Waals surface area contributed by atoms with Gasteiger partial charge < -0.3 is 8.92 Å². The molecule has 0 aliphatic carbocycles. The van der Waals surface area contributed by atoms with Gasteiger partial charge in [-0.25, -0.2) is 4.98 Å². The summed E-state index contributed by atoms with van der Waals surface area (Å²) in [5.41, 5.74) is 0.817. The Balaban J connectivity index is 2.28. The van der Waals surface area contributed by atoms with Crippen molar-refractivity contribution in [3.05, 3.63) is 47.1 Å². The summed E-state index contributed by atoms with van der Waals surface area (Å²) in [5, 5.41) is 0.577. The first kappa shape index (κ1) is 15.6. The number of hydrogen-bond acceptors (Lipinski definition) is 5. The van der Waals surface area contributed by atoms with Crippen molar-refractivity contribution in [2.75, 3.05) is 7.11 Å². The Morgan fingerprint density at radius 2 is 2.00 bits per heavy atom. The minimum absolute atomic E-state index is 0.0451. The molecule has 112 valence electrons. The number of ether oxygens (including phenoxy) is 1. The molecule has 0 bridgehead atoms. The average Bonchev–Trinajstić information content (AvgIpc) is 2.49. The summed E-state index contributed by atoms with van der Waals surface area (Å²) in [4.78, 5) is 3.81. The van der Waals surface area contributed by atoms with Gasteiger partial charge in [-0.2, -0.15) is 8.42 Å². The second-order valence-electron chi connectivity index (χ2n) is 4.18. The first-order valence-electron chi connectivity index (χ1n) is 6.19. The van der Waals surface area contributed by atoms with E-state index in [0.717, 1.165) is 5.56 Å². The van der Waals surface area contributed by atoms with Crippen LogP contribution in [0.1, 0.15) is 12.5 Å². The SMILES string of the molecule is CCc1cc(OS(=O)(=O)c2ccc(OC)nc2)ccc1Cl. The molecule has 7 heteroatoms. The molecule has 0 unspecified atom stereocenters. The number of benzene rings is 1. The van der Waals surface area contributed by atoms with E-state index in [-0.39, 0.29) is 10.6 Å². The van der Waals surface area contributed by atoms with Crippen LogP contribution < -0.4 is 8.92 Å². The van der Waals surface area contributed by atoms with Crippen molar-refractivity contribution in [1.82, 2.24) is 4.98 Å². The first-order chi connectivity index (χ1) is 9.96. The molecule has 0 N–H and O–H groups in total. The van der Waals surface area contributed by atoms with Gasteiger partial charge in [0.25, 0.3) is 0 Å². The smallest absolute Gasteiger partial charge is 0.340 e. The highest BCUT2D eigenvalue weighted by Gasteiger charge is 2.18. The third-order valence-electron chi connectivity index (χ3n) is 2.81. The molecule has 0 spiro atoms. The molecular formula is C14H14ClNO4S. The predicted molar refractivity (Wildman–Crippen MR) is 79.4 cm³/mol. The van der Waals surface area contributed by atoms with Crippen molar-refractivity contribution < 1.29 is 17.3 Å². The Morgan fingerprint density at radius 3 is 2.57 bits per heavy atom. The lowest BCUT2D eigenvalue weighted by Crippen LogP contribution is -2.10. The highest BCUT2D eigenvalue weighted by Crippen LogP contribution is 2.25. The maximum absolute atomic E-state index is 12.1. The summed E-state index contributed by atoms with van der Waals surface area (Å²) in [6.07, 6.45) is 1.87. The van der Waals surface area contributed by atoms with Gasteiger partial charge in [0.2, 0.25) is 5.88 Å². The van der Waals surface area contributed by atoms with Crippen LogP contribution in [0.2, 0.25) is 5.02 Å². The van der Waals surface area contributed by atoms with Gasteiger partial charge in [-0.1, -0.05) is 18.5 Å². The van der Waals surface area contributed by atoms with E-state index in [9.17, 15) is 8.42 Å². The number of pyridine rings is 1. The Bertz CT molecular complexity index is 729. The lowest BCUT2D eigenvalue weighted by Gasteiger charge is -2.09. The van der Waals surface area contributed by atoms with E-state index in [4.69, 9.17) is 20.5 Å².